The highest BCUT2D eigenvalue weighted by Gasteiger charge is 2.44. The molecule has 9 heteroatoms. The van der Waals surface area contributed by atoms with Gasteiger partial charge in [0.25, 0.3) is 5.91 Å². The van der Waals surface area contributed by atoms with Crippen LogP contribution < -0.4 is 14.8 Å². The summed E-state index contributed by atoms with van der Waals surface area (Å²) < 4.78 is 25.8. The molecule has 0 bridgehead atoms. The van der Waals surface area contributed by atoms with Gasteiger partial charge in [0.1, 0.15) is 5.82 Å². The van der Waals surface area contributed by atoms with Gasteiger partial charge in [-0.1, -0.05) is 18.2 Å². The van der Waals surface area contributed by atoms with Crippen molar-refractivity contribution >= 4 is 11.8 Å². The Hall–Kier alpha value is -3.17. The van der Waals surface area contributed by atoms with E-state index in [1.807, 2.05) is 0 Å². The minimum Gasteiger partial charge on any atom is -0.493 e. The van der Waals surface area contributed by atoms with Crippen molar-refractivity contribution in [3.05, 3.63) is 58.9 Å². The van der Waals surface area contributed by atoms with Gasteiger partial charge in [0.05, 0.1) is 26.2 Å². The zero-order valence-corrected chi connectivity index (χ0v) is 21.4. The fraction of sp³-hybridized carbons (Fsp3) is 0.481. The van der Waals surface area contributed by atoms with E-state index < -0.39 is 17.8 Å². The Kier molecular flexibility index (Phi) is 8.11. The first-order valence-electron chi connectivity index (χ1n) is 12.3. The Morgan fingerprint density at radius 2 is 1.69 bits per heavy atom. The second-order valence-electron chi connectivity index (χ2n) is 9.44. The number of ether oxygens (including phenoxy) is 2. The zero-order valence-electron chi connectivity index (χ0n) is 21.4. The molecule has 2 aromatic carbocycles. The predicted molar refractivity (Wildman–Crippen MR) is 135 cm³/mol. The lowest BCUT2D eigenvalue weighted by atomic mass is 9.79. The van der Waals surface area contributed by atoms with Crippen molar-refractivity contribution in [2.75, 3.05) is 67.6 Å². The number of hydrogen-bond donors (Lipinski definition) is 1. The molecule has 8 nitrogen and oxygen atoms in total. The van der Waals surface area contributed by atoms with Crippen LogP contribution in [0.5, 0.6) is 11.5 Å². The van der Waals surface area contributed by atoms with Gasteiger partial charge in [0, 0.05) is 50.9 Å². The molecule has 194 valence electrons. The van der Waals surface area contributed by atoms with Crippen molar-refractivity contribution in [1.29, 1.82) is 0 Å². The fourth-order valence-electron chi connectivity index (χ4n) is 5.13. The third-order valence-electron chi connectivity index (χ3n) is 7.23. The molecule has 2 amide bonds. The van der Waals surface area contributed by atoms with Crippen LogP contribution in [0.1, 0.15) is 39.9 Å². The van der Waals surface area contributed by atoms with Crippen molar-refractivity contribution in [3.8, 4) is 11.5 Å². The van der Waals surface area contributed by atoms with Gasteiger partial charge in [0.2, 0.25) is 5.91 Å². The average Bonchev–Trinajstić information content (AvgIpc) is 2.89. The number of likely N-dealkylation sites (N-methyl/N-ethyl adjacent to an activating group) is 2. The molecule has 36 heavy (non-hydrogen) atoms. The van der Waals surface area contributed by atoms with E-state index in [9.17, 15) is 14.0 Å². The molecule has 1 fully saturated rings. The largest absolute Gasteiger partial charge is 0.493 e. The van der Waals surface area contributed by atoms with Crippen LogP contribution in [0.25, 0.3) is 0 Å². The van der Waals surface area contributed by atoms with E-state index in [1.165, 1.54) is 25.2 Å². The molecule has 2 heterocycles. The monoisotopic (exact) mass is 498 g/mol. The summed E-state index contributed by atoms with van der Waals surface area (Å²) in [7, 11) is 6.72. The van der Waals surface area contributed by atoms with Crippen LogP contribution in [0.15, 0.2) is 36.4 Å². The van der Waals surface area contributed by atoms with Gasteiger partial charge in [-0.3, -0.25) is 9.59 Å². The van der Waals surface area contributed by atoms with E-state index in [0.29, 0.717) is 34.7 Å². The second-order valence-corrected chi connectivity index (χ2v) is 9.44. The number of methoxy groups -OCH3 is 2. The molecule has 2 aromatic rings. The lowest BCUT2D eigenvalue weighted by Crippen LogP contribution is -2.47. The quantitative estimate of drug-likeness (QED) is 0.564. The highest BCUT2D eigenvalue weighted by molar-refractivity contribution is 6.02. The summed E-state index contributed by atoms with van der Waals surface area (Å²) in [4.78, 5) is 33.2. The summed E-state index contributed by atoms with van der Waals surface area (Å²) in [6, 6.07) is 8.75. The first-order valence-corrected chi connectivity index (χ1v) is 12.3. The van der Waals surface area contributed by atoms with E-state index in [0.717, 1.165) is 39.1 Å². The van der Waals surface area contributed by atoms with Crippen LogP contribution >= 0.6 is 0 Å². The van der Waals surface area contributed by atoms with Crippen LogP contribution in [0.3, 0.4) is 0 Å². The lowest BCUT2D eigenvalue weighted by molar-refractivity contribution is -0.124. The molecular weight excluding hydrogens is 463 g/mol. The first-order chi connectivity index (χ1) is 17.3. The number of nitrogens with zero attached hydrogens (tertiary/aromatic N) is 3. The third-order valence-corrected chi connectivity index (χ3v) is 7.23. The SMILES string of the molecule is COc1cc2c(cc1OC)[C@@H](C(=O)NCCCN1CCN(C)CC1)[C@@H](c1ccccc1F)N(C)C2=O. The molecule has 0 radical (unpaired) electrons. The van der Waals surface area contributed by atoms with Gasteiger partial charge in [0.15, 0.2) is 11.5 Å². The van der Waals surface area contributed by atoms with Crippen LogP contribution in [0.4, 0.5) is 4.39 Å². The molecule has 0 aliphatic carbocycles. The lowest BCUT2D eigenvalue weighted by Gasteiger charge is -2.40. The molecule has 2 aliphatic rings. The van der Waals surface area contributed by atoms with Crippen LogP contribution in [0, 0.1) is 5.82 Å². The normalized spacial score (nSPS) is 20.7. The van der Waals surface area contributed by atoms with E-state index in [-0.39, 0.29) is 11.8 Å². The number of amides is 2. The Balaban J connectivity index is 1.62. The molecule has 0 saturated carbocycles. The van der Waals surface area contributed by atoms with E-state index >= 15 is 0 Å². The number of nitrogens with one attached hydrogen (secondary N) is 1. The summed E-state index contributed by atoms with van der Waals surface area (Å²) in [6.07, 6.45) is 0.806. The van der Waals surface area contributed by atoms with E-state index in [4.69, 9.17) is 9.47 Å². The Morgan fingerprint density at radius 3 is 2.36 bits per heavy atom. The summed E-state index contributed by atoms with van der Waals surface area (Å²) >= 11 is 0. The molecule has 1 N–H and O–H groups in total. The number of halogens is 1. The molecule has 0 aromatic heterocycles. The first kappa shape index (κ1) is 25.9. The average molecular weight is 499 g/mol. The van der Waals surface area contributed by atoms with Gasteiger partial charge in [-0.25, -0.2) is 4.39 Å². The summed E-state index contributed by atoms with van der Waals surface area (Å²) in [5.41, 5.74) is 1.15. The maximum Gasteiger partial charge on any atom is 0.254 e. The minimum absolute atomic E-state index is 0.255. The van der Waals surface area contributed by atoms with Gasteiger partial charge >= 0.3 is 0 Å². The van der Waals surface area contributed by atoms with Gasteiger partial charge in [-0.05, 0) is 43.8 Å². The maximum atomic E-state index is 15.0. The van der Waals surface area contributed by atoms with E-state index in [1.54, 1.807) is 37.4 Å². The molecule has 1 saturated heterocycles. The Labute approximate surface area is 211 Å². The number of carbonyl (C=O) groups excluding carboxylic acids is 2. The van der Waals surface area contributed by atoms with Crippen LogP contribution in [-0.2, 0) is 4.79 Å². The number of piperazine rings is 1. The Bertz CT molecular complexity index is 1100. The van der Waals surface area contributed by atoms with Crippen LogP contribution in [-0.4, -0.2) is 94.1 Å². The third kappa shape index (κ3) is 5.17. The van der Waals surface area contributed by atoms with Crippen LogP contribution in [0.2, 0.25) is 0 Å². The second kappa shape index (κ2) is 11.3. The molecule has 0 spiro atoms. The summed E-state index contributed by atoms with van der Waals surface area (Å²) in [6.45, 7) is 5.51. The van der Waals surface area contributed by atoms with Gasteiger partial charge in [-0.2, -0.15) is 0 Å². The fourth-order valence-corrected chi connectivity index (χ4v) is 5.13. The smallest absolute Gasteiger partial charge is 0.254 e. The molecule has 2 atom stereocenters. The van der Waals surface area contributed by atoms with Crippen molar-refractivity contribution < 1.29 is 23.5 Å². The maximum absolute atomic E-state index is 15.0. The molecular formula is C27H35FN4O4. The number of carbonyl (C=O) groups is 2. The van der Waals surface area contributed by atoms with Gasteiger partial charge < -0.3 is 29.5 Å². The number of hydrogen-bond acceptors (Lipinski definition) is 6. The standard InChI is InChI=1S/C27H35FN4O4/c1-30-12-14-32(15-13-30)11-7-10-29-26(33)24-19-16-22(35-3)23(36-4)17-20(19)27(34)31(2)25(24)18-8-5-6-9-21(18)28/h5-6,8-9,16-17,24-25H,7,10-15H2,1-4H3,(H,29,33)/t24-,25-/m1/s1. The highest BCUT2D eigenvalue weighted by atomic mass is 19.1. The number of rotatable bonds is 8. The van der Waals surface area contributed by atoms with E-state index in [2.05, 4.69) is 22.2 Å². The molecule has 2 aliphatic heterocycles. The predicted octanol–water partition coefficient (Wildman–Crippen LogP) is 2.51. The Morgan fingerprint density at radius 1 is 1.03 bits per heavy atom. The summed E-state index contributed by atoms with van der Waals surface area (Å²) in [5, 5.41) is 3.05. The number of fused-ring (bicyclic) bond motifs is 1. The molecule has 4 rings (SSSR count). The van der Waals surface area contributed by atoms with Crippen molar-refractivity contribution in [2.45, 2.75) is 18.4 Å². The van der Waals surface area contributed by atoms with Crippen molar-refractivity contribution in [2.24, 2.45) is 0 Å². The molecule has 0 unspecified atom stereocenters. The van der Waals surface area contributed by atoms with Crippen molar-refractivity contribution in [1.82, 2.24) is 20.0 Å². The minimum atomic E-state index is -0.817. The summed E-state index contributed by atoms with van der Waals surface area (Å²) in [5.74, 6) is -1.03. The van der Waals surface area contributed by atoms with Gasteiger partial charge in [-0.15, -0.1) is 0 Å². The van der Waals surface area contributed by atoms with Crippen molar-refractivity contribution in [3.63, 3.8) is 0 Å². The number of benzene rings is 2. The highest BCUT2D eigenvalue weighted by Crippen LogP contribution is 2.46. The topological polar surface area (TPSA) is 74.4 Å². The zero-order chi connectivity index (χ0) is 25.8.